The zero-order chi connectivity index (χ0) is 15.1. The molecule has 1 aromatic carbocycles. The Morgan fingerprint density at radius 1 is 1.27 bits per heavy atom. The lowest BCUT2D eigenvalue weighted by molar-refractivity contribution is 0.0858. The van der Waals surface area contributed by atoms with E-state index < -0.39 is 6.10 Å². The van der Waals surface area contributed by atoms with Crippen LogP contribution in [0.5, 0.6) is 0 Å². The fourth-order valence-electron chi connectivity index (χ4n) is 2.80. The third-order valence-electron chi connectivity index (χ3n) is 3.87. The Morgan fingerprint density at radius 3 is 2.95 bits per heavy atom. The Bertz CT molecular complexity index is 828. The molecule has 0 spiro atoms. The van der Waals surface area contributed by atoms with E-state index >= 15 is 0 Å². The second-order valence-corrected chi connectivity index (χ2v) is 6.25. The van der Waals surface area contributed by atoms with Gasteiger partial charge < -0.3 is 10.4 Å². The van der Waals surface area contributed by atoms with Crippen LogP contribution in [0.1, 0.15) is 27.0 Å². The van der Waals surface area contributed by atoms with Crippen molar-refractivity contribution in [1.29, 1.82) is 0 Å². The van der Waals surface area contributed by atoms with Crippen molar-refractivity contribution >= 4 is 27.6 Å². The van der Waals surface area contributed by atoms with Crippen molar-refractivity contribution in [3.8, 4) is 0 Å². The molecule has 22 heavy (non-hydrogen) atoms. The summed E-state index contributed by atoms with van der Waals surface area (Å²) in [4.78, 5) is 21.6. The first-order chi connectivity index (χ1) is 10.7. The molecule has 5 nitrogen and oxygen atoms in total. The molecule has 1 amide bonds. The number of hydrogen-bond donors (Lipinski definition) is 2. The van der Waals surface area contributed by atoms with E-state index in [9.17, 15) is 9.90 Å². The van der Waals surface area contributed by atoms with Crippen molar-refractivity contribution < 1.29 is 9.90 Å². The molecule has 110 valence electrons. The summed E-state index contributed by atoms with van der Waals surface area (Å²) in [6.45, 7) is 0. The quantitative estimate of drug-likeness (QED) is 0.760. The predicted octanol–water partition coefficient (Wildman–Crippen LogP) is 2.08. The SMILES string of the molecule is O=C(N[C@@H]1Cc2ccccc2[C@H]1O)c1nc2cccnc2s1. The average Bonchev–Trinajstić information content (AvgIpc) is 3.10. The van der Waals surface area contributed by atoms with E-state index in [1.165, 1.54) is 11.3 Å². The summed E-state index contributed by atoms with van der Waals surface area (Å²) >= 11 is 1.26. The van der Waals surface area contributed by atoms with Gasteiger partial charge in [-0.1, -0.05) is 35.6 Å². The normalized spacial score (nSPS) is 20.0. The molecule has 4 rings (SSSR count). The number of nitrogens with zero attached hydrogens (tertiary/aromatic N) is 2. The molecule has 0 radical (unpaired) electrons. The van der Waals surface area contributed by atoms with Crippen molar-refractivity contribution in [2.75, 3.05) is 0 Å². The summed E-state index contributed by atoms with van der Waals surface area (Å²) in [5.41, 5.74) is 2.68. The Kier molecular flexibility index (Phi) is 3.13. The van der Waals surface area contributed by atoms with Gasteiger partial charge in [0, 0.05) is 6.20 Å². The molecule has 1 aliphatic carbocycles. The smallest absolute Gasteiger partial charge is 0.280 e. The number of aliphatic hydroxyl groups is 1. The number of rotatable bonds is 2. The molecule has 0 aliphatic heterocycles. The maximum atomic E-state index is 12.4. The second kappa shape index (κ2) is 5.15. The van der Waals surface area contributed by atoms with Crippen LogP contribution in [-0.2, 0) is 6.42 Å². The second-order valence-electron chi connectivity index (χ2n) is 5.27. The zero-order valence-corrected chi connectivity index (χ0v) is 12.4. The monoisotopic (exact) mass is 311 g/mol. The van der Waals surface area contributed by atoms with Gasteiger partial charge >= 0.3 is 0 Å². The molecule has 0 fully saturated rings. The highest BCUT2D eigenvalue weighted by molar-refractivity contribution is 7.19. The summed E-state index contributed by atoms with van der Waals surface area (Å²) in [5, 5.41) is 13.6. The summed E-state index contributed by atoms with van der Waals surface area (Å²) in [6, 6.07) is 11.0. The van der Waals surface area contributed by atoms with Gasteiger partial charge in [-0.25, -0.2) is 9.97 Å². The van der Waals surface area contributed by atoms with E-state index in [1.54, 1.807) is 12.3 Å². The van der Waals surface area contributed by atoms with Crippen LogP contribution in [0.25, 0.3) is 10.3 Å². The van der Waals surface area contributed by atoms with E-state index in [1.807, 2.05) is 30.3 Å². The predicted molar refractivity (Wildman–Crippen MR) is 83.8 cm³/mol. The Labute approximate surface area is 130 Å². The molecule has 0 saturated heterocycles. The first kappa shape index (κ1) is 13.4. The minimum absolute atomic E-state index is 0.264. The van der Waals surface area contributed by atoms with Crippen molar-refractivity contribution in [1.82, 2.24) is 15.3 Å². The van der Waals surface area contributed by atoms with Gasteiger partial charge in [0.25, 0.3) is 5.91 Å². The molecule has 2 heterocycles. The summed E-state index contributed by atoms with van der Waals surface area (Å²) < 4.78 is 0. The number of hydrogen-bond acceptors (Lipinski definition) is 5. The van der Waals surface area contributed by atoms with Crippen LogP contribution < -0.4 is 5.32 Å². The van der Waals surface area contributed by atoms with Gasteiger partial charge in [-0.3, -0.25) is 4.79 Å². The standard InChI is InChI=1S/C16H13N3O2S/c20-13-10-5-2-1-4-9(10)8-12(13)18-14(21)16-19-11-6-3-7-17-15(11)22-16/h1-7,12-13,20H,8H2,(H,18,21)/t12-,13-/m1/s1. The topological polar surface area (TPSA) is 75.1 Å². The number of aromatic nitrogens is 2. The van der Waals surface area contributed by atoms with Crippen molar-refractivity contribution in [2.24, 2.45) is 0 Å². The maximum absolute atomic E-state index is 12.4. The van der Waals surface area contributed by atoms with Crippen LogP contribution in [0.4, 0.5) is 0 Å². The minimum Gasteiger partial charge on any atom is -0.386 e. The summed E-state index contributed by atoms with van der Waals surface area (Å²) in [7, 11) is 0. The summed E-state index contributed by atoms with van der Waals surface area (Å²) in [6.07, 6.45) is 1.64. The Hall–Kier alpha value is -2.31. The van der Waals surface area contributed by atoms with Crippen molar-refractivity contribution in [3.05, 3.63) is 58.7 Å². The van der Waals surface area contributed by atoms with Crippen LogP contribution in [0.2, 0.25) is 0 Å². The molecular formula is C16H13N3O2S. The lowest BCUT2D eigenvalue weighted by Crippen LogP contribution is -2.37. The number of fused-ring (bicyclic) bond motifs is 2. The third kappa shape index (κ3) is 2.17. The number of aliphatic hydroxyl groups excluding tert-OH is 1. The number of carbonyl (C=O) groups excluding carboxylic acids is 1. The van der Waals surface area contributed by atoms with E-state index in [4.69, 9.17) is 0 Å². The van der Waals surface area contributed by atoms with E-state index in [-0.39, 0.29) is 11.9 Å². The van der Waals surface area contributed by atoms with E-state index in [0.717, 1.165) is 16.0 Å². The van der Waals surface area contributed by atoms with Crippen molar-refractivity contribution in [3.63, 3.8) is 0 Å². The van der Waals surface area contributed by atoms with Gasteiger partial charge in [0.15, 0.2) is 5.01 Å². The van der Waals surface area contributed by atoms with Gasteiger partial charge in [-0.2, -0.15) is 0 Å². The van der Waals surface area contributed by atoms with Crippen LogP contribution in [0.3, 0.4) is 0 Å². The Morgan fingerprint density at radius 2 is 2.14 bits per heavy atom. The van der Waals surface area contributed by atoms with E-state index in [0.29, 0.717) is 16.9 Å². The van der Waals surface area contributed by atoms with Gasteiger partial charge in [-0.15, -0.1) is 0 Å². The number of amides is 1. The molecule has 2 N–H and O–H groups in total. The first-order valence-corrected chi connectivity index (χ1v) is 7.82. The van der Waals surface area contributed by atoms with E-state index in [2.05, 4.69) is 15.3 Å². The van der Waals surface area contributed by atoms with Crippen LogP contribution >= 0.6 is 11.3 Å². The van der Waals surface area contributed by atoms with Crippen LogP contribution in [-0.4, -0.2) is 27.0 Å². The molecule has 2 aromatic heterocycles. The van der Waals surface area contributed by atoms with Crippen LogP contribution in [0.15, 0.2) is 42.6 Å². The highest BCUT2D eigenvalue weighted by Crippen LogP contribution is 2.31. The molecule has 0 bridgehead atoms. The average molecular weight is 311 g/mol. The summed E-state index contributed by atoms with van der Waals surface area (Å²) in [5.74, 6) is -0.264. The number of nitrogens with one attached hydrogen (secondary N) is 1. The number of thiazole rings is 1. The van der Waals surface area contributed by atoms with Crippen molar-refractivity contribution in [2.45, 2.75) is 18.6 Å². The maximum Gasteiger partial charge on any atom is 0.280 e. The molecule has 1 aliphatic rings. The molecule has 6 heteroatoms. The molecular weight excluding hydrogens is 298 g/mol. The third-order valence-corrected chi connectivity index (χ3v) is 4.85. The number of benzene rings is 1. The number of pyridine rings is 1. The minimum atomic E-state index is -0.673. The largest absolute Gasteiger partial charge is 0.386 e. The van der Waals surface area contributed by atoms with Gasteiger partial charge in [0.05, 0.1) is 12.1 Å². The first-order valence-electron chi connectivity index (χ1n) is 7.00. The lowest BCUT2D eigenvalue weighted by atomic mass is 10.1. The molecule has 0 saturated carbocycles. The van der Waals surface area contributed by atoms with Gasteiger partial charge in [0.1, 0.15) is 10.3 Å². The fraction of sp³-hybridized carbons (Fsp3) is 0.188. The Balaban J connectivity index is 1.55. The van der Waals surface area contributed by atoms with Gasteiger partial charge in [-0.05, 0) is 29.7 Å². The zero-order valence-electron chi connectivity index (χ0n) is 11.6. The molecule has 0 unspecified atom stereocenters. The number of carbonyl (C=O) groups is 1. The van der Waals surface area contributed by atoms with Crippen LogP contribution in [0, 0.1) is 0 Å². The molecule has 3 aromatic rings. The molecule has 2 atom stereocenters. The highest BCUT2D eigenvalue weighted by atomic mass is 32.1. The van der Waals surface area contributed by atoms with Gasteiger partial charge in [0.2, 0.25) is 0 Å². The lowest BCUT2D eigenvalue weighted by Gasteiger charge is -2.15. The highest BCUT2D eigenvalue weighted by Gasteiger charge is 2.32. The fourth-order valence-corrected chi connectivity index (χ4v) is 3.61.